The number of nitrogens with one attached hydrogen (secondary N) is 2. The second-order valence-electron chi connectivity index (χ2n) is 5.37. The Balaban J connectivity index is 0.00000200. The topological polar surface area (TPSA) is 41.1 Å². The monoisotopic (exact) mass is 316 g/mol. The van der Waals surface area contributed by atoms with E-state index in [-0.39, 0.29) is 18.3 Å². The van der Waals surface area contributed by atoms with Crippen LogP contribution >= 0.6 is 23.7 Å². The summed E-state index contributed by atoms with van der Waals surface area (Å²) in [6, 6.07) is 0.655. The lowest BCUT2D eigenvalue weighted by molar-refractivity contribution is 0.0953. The van der Waals surface area contributed by atoms with E-state index in [1.54, 1.807) is 11.3 Å². The highest BCUT2D eigenvalue weighted by Crippen LogP contribution is 2.17. The van der Waals surface area contributed by atoms with Gasteiger partial charge in [0.15, 0.2) is 0 Å². The minimum atomic E-state index is 0. The number of carbonyl (C=O) groups excluding carboxylic acids is 1. The maximum absolute atomic E-state index is 11.9. The number of amides is 1. The van der Waals surface area contributed by atoms with Gasteiger partial charge in [0.1, 0.15) is 0 Å². The third kappa shape index (κ3) is 5.43. The zero-order valence-corrected chi connectivity index (χ0v) is 13.7. The highest BCUT2D eigenvalue weighted by molar-refractivity contribution is 7.08. The van der Waals surface area contributed by atoms with Gasteiger partial charge < -0.3 is 10.6 Å². The molecule has 3 nitrogen and oxygen atoms in total. The molecule has 1 aromatic rings. The standard InChI is InChI=1S/C15H24N2OS.ClH/c1-12-10-19-11-14(12)15(18)17-9-8-16-13-6-4-2-3-5-7-13;/h10-11,13,16H,2-9H2,1H3,(H,17,18);1H. The Morgan fingerprint density at radius 1 is 1.20 bits per heavy atom. The molecule has 0 bridgehead atoms. The minimum absolute atomic E-state index is 0. The highest BCUT2D eigenvalue weighted by atomic mass is 35.5. The first kappa shape index (κ1) is 17.5. The molecular weight excluding hydrogens is 292 g/mol. The van der Waals surface area contributed by atoms with Crippen LogP contribution in [0.15, 0.2) is 10.8 Å². The quantitative estimate of drug-likeness (QED) is 0.644. The third-order valence-corrected chi connectivity index (χ3v) is 4.66. The van der Waals surface area contributed by atoms with Crippen molar-refractivity contribution < 1.29 is 4.79 Å². The molecule has 2 rings (SSSR count). The van der Waals surface area contributed by atoms with E-state index in [0.29, 0.717) is 12.6 Å². The third-order valence-electron chi connectivity index (χ3n) is 3.80. The van der Waals surface area contributed by atoms with Crippen molar-refractivity contribution in [2.75, 3.05) is 13.1 Å². The van der Waals surface area contributed by atoms with E-state index in [1.807, 2.05) is 17.7 Å². The fraction of sp³-hybridized carbons (Fsp3) is 0.667. The number of hydrogen-bond acceptors (Lipinski definition) is 3. The summed E-state index contributed by atoms with van der Waals surface area (Å²) < 4.78 is 0. The smallest absolute Gasteiger partial charge is 0.252 e. The first-order chi connectivity index (χ1) is 9.27. The molecule has 1 aromatic heterocycles. The van der Waals surface area contributed by atoms with Gasteiger partial charge in [0.25, 0.3) is 5.91 Å². The molecule has 0 spiro atoms. The van der Waals surface area contributed by atoms with Gasteiger partial charge in [0, 0.05) is 24.5 Å². The van der Waals surface area contributed by atoms with Crippen molar-refractivity contribution in [1.82, 2.24) is 10.6 Å². The van der Waals surface area contributed by atoms with Gasteiger partial charge in [-0.15, -0.1) is 12.4 Å². The van der Waals surface area contributed by atoms with Crippen molar-refractivity contribution in [3.05, 3.63) is 21.9 Å². The van der Waals surface area contributed by atoms with Crippen molar-refractivity contribution in [3.63, 3.8) is 0 Å². The summed E-state index contributed by atoms with van der Waals surface area (Å²) >= 11 is 1.58. The second kappa shape index (κ2) is 9.37. The summed E-state index contributed by atoms with van der Waals surface area (Å²) in [6.07, 6.45) is 8.03. The zero-order chi connectivity index (χ0) is 13.5. The molecule has 0 aliphatic heterocycles. The fourth-order valence-corrected chi connectivity index (χ4v) is 3.45. The van der Waals surface area contributed by atoms with E-state index in [1.165, 1.54) is 38.5 Å². The first-order valence-corrected chi connectivity index (χ1v) is 8.26. The van der Waals surface area contributed by atoms with E-state index < -0.39 is 0 Å². The van der Waals surface area contributed by atoms with Gasteiger partial charge in [-0.05, 0) is 30.7 Å². The van der Waals surface area contributed by atoms with Gasteiger partial charge in [0.05, 0.1) is 5.56 Å². The molecule has 1 heterocycles. The van der Waals surface area contributed by atoms with Crippen LogP contribution in [0.5, 0.6) is 0 Å². The molecule has 1 aliphatic carbocycles. The summed E-state index contributed by atoms with van der Waals surface area (Å²) in [5.74, 6) is 0.0569. The Kier molecular flexibility index (Phi) is 8.19. The molecule has 20 heavy (non-hydrogen) atoms. The van der Waals surface area contributed by atoms with Crippen molar-refractivity contribution in [1.29, 1.82) is 0 Å². The van der Waals surface area contributed by atoms with E-state index in [4.69, 9.17) is 0 Å². The largest absolute Gasteiger partial charge is 0.351 e. The van der Waals surface area contributed by atoms with Gasteiger partial charge in [-0.25, -0.2) is 0 Å². The van der Waals surface area contributed by atoms with Crippen LogP contribution in [-0.4, -0.2) is 25.0 Å². The molecule has 5 heteroatoms. The van der Waals surface area contributed by atoms with Gasteiger partial charge in [-0.2, -0.15) is 11.3 Å². The normalized spacial score (nSPS) is 16.2. The average molecular weight is 317 g/mol. The van der Waals surface area contributed by atoms with Gasteiger partial charge in [-0.1, -0.05) is 25.7 Å². The van der Waals surface area contributed by atoms with Crippen LogP contribution < -0.4 is 10.6 Å². The summed E-state index contributed by atoms with van der Waals surface area (Å²) in [6.45, 7) is 3.57. The van der Waals surface area contributed by atoms with E-state index >= 15 is 0 Å². The van der Waals surface area contributed by atoms with Crippen molar-refractivity contribution in [2.24, 2.45) is 0 Å². The molecule has 0 radical (unpaired) electrons. The minimum Gasteiger partial charge on any atom is -0.351 e. The maximum atomic E-state index is 11.9. The maximum Gasteiger partial charge on any atom is 0.252 e. The molecule has 1 saturated carbocycles. The number of carbonyl (C=O) groups is 1. The Labute approximate surface area is 131 Å². The lowest BCUT2D eigenvalue weighted by Gasteiger charge is -2.16. The predicted molar refractivity (Wildman–Crippen MR) is 88.1 cm³/mol. The Bertz CT molecular complexity index is 400. The summed E-state index contributed by atoms with van der Waals surface area (Å²) in [5.41, 5.74) is 1.89. The zero-order valence-electron chi connectivity index (χ0n) is 12.1. The van der Waals surface area contributed by atoms with Gasteiger partial charge in [-0.3, -0.25) is 4.79 Å². The molecule has 0 aromatic carbocycles. The molecule has 0 saturated heterocycles. The van der Waals surface area contributed by atoms with Crippen LogP contribution in [-0.2, 0) is 0 Å². The fourth-order valence-electron chi connectivity index (χ4n) is 2.62. The Morgan fingerprint density at radius 2 is 1.90 bits per heavy atom. The predicted octanol–water partition coefficient (Wildman–Crippen LogP) is 3.52. The molecule has 0 atom stereocenters. The molecular formula is C15H25ClN2OS. The van der Waals surface area contributed by atoms with Crippen LogP contribution in [0.1, 0.15) is 54.4 Å². The van der Waals surface area contributed by atoms with E-state index in [2.05, 4.69) is 10.6 Å². The Hall–Kier alpha value is -0.580. The summed E-state index contributed by atoms with van der Waals surface area (Å²) in [4.78, 5) is 11.9. The summed E-state index contributed by atoms with van der Waals surface area (Å²) in [5, 5.41) is 10.5. The number of halogens is 1. The lowest BCUT2D eigenvalue weighted by atomic mass is 10.1. The average Bonchev–Trinajstić information content (AvgIpc) is 2.68. The van der Waals surface area contributed by atoms with Gasteiger partial charge in [0.2, 0.25) is 0 Å². The first-order valence-electron chi connectivity index (χ1n) is 7.32. The van der Waals surface area contributed by atoms with Crippen molar-refractivity contribution in [2.45, 2.75) is 51.5 Å². The summed E-state index contributed by atoms with van der Waals surface area (Å²) in [7, 11) is 0. The van der Waals surface area contributed by atoms with E-state index in [0.717, 1.165) is 17.7 Å². The molecule has 1 aliphatic rings. The van der Waals surface area contributed by atoms with Crippen molar-refractivity contribution in [3.8, 4) is 0 Å². The lowest BCUT2D eigenvalue weighted by Crippen LogP contribution is -2.36. The van der Waals surface area contributed by atoms with Crippen molar-refractivity contribution >= 4 is 29.7 Å². The number of rotatable bonds is 5. The second-order valence-corrected chi connectivity index (χ2v) is 6.11. The molecule has 1 amide bonds. The van der Waals surface area contributed by atoms with Crippen LogP contribution in [0.25, 0.3) is 0 Å². The number of hydrogen-bond donors (Lipinski definition) is 2. The Morgan fingerprint density at radius 3 is 2.50 bits per heavy atom. The highest BCUT2D eigenvalue weighted by Gasteiger charge is 2.12. The molecule has 2 N–H and O–H groups in total. The SMILES string of the molecule is Cc1cscc1C(=O)NCCNC1CCCCCC1.Cl. The van der Waals surface area contributed by atoms with Crippen LogP contribution in [0.4, 0.5) is 0 Å². The molecule has 114 valence electrons. The van der Waals surface area contributed by atoms with E-state index in [9.17, 15) is 4.79 Å². The molecule has 1 fully saturated rings. The van der Waals surface area contributed by atoms with Gasteiger partial charge >= 0.3 is 0 Å². The molecule has 0 unspecified atom stereocenters. The number of thiophene rings is 1. The van der Waals surface area contributed by atoms with Crippen LogP contribution in [0.2, 0.25) is 0 Å². The van der Waals surface area contributed by atoms with Crippen LogP contribution in [0, 0.1) is 6.92 Å². The van der Waals surface area contributed by atoms with Crippen LogP contribution in [0.3, 0.4) is 0 Å². The number of aryl methyl sites for hydroxylation is 1.